The van der Waals surface area contributed by atoms with Crippen molar-refractivity contribution in [3.05, 3.63) is 6.33 Å². The number of ether oxygens (including phenoxy) is 1. The normalized spacial score (nSPS) is 18.0. The summed E-state index contributed by atoms with van der Waals surface area (Å²) in [5.41, 5.74) is 7.26. The molecule has 21 heavy (non-hydrogen) atoms. The minimum absolute atomic E-state index is 0.0595. The Balaban J connectivity index is 2.13. The Bertz CT molecular complexity index is 461. The molecular weight excluding hydrogens is 264 g/mol. The van der Waals surface area contributed by atoms with Crippen LogP contribution in [0.5, 0.6) is 5.88 Å². The number of nitrogen functional groups attached to an aromatic ring is 1. The zero-order valence-corrected chi connectivity index (χ0v) is 13.7. The van der Waals surface area contributed by atoms with Crippen LogP contribution in [0.3, 0.4) is 0 Å². The molecule has 0 aromatic carbocycles. The average molecular weight is 292 g/mol. The Morgan fingerprint density at radius 2 is 1.86 bits per heavy atom. The smallest absolute Gasteiger partial charge is 0.242 e. The van der Waals surface area contributed by atoms with Crippen molar-refractivity contribution in [2.45, 2.75) is 59.5 Å². The summed E-state index contributed by atoms with van der Waals surface area (Å²) in [5.74, 6) is 1.32. The van der Waals surface area contributed by atoms with Crippen LogP contribution in [0.25, 0.3) is 0 Å². The molecule has 0 spiro atoms. The largest absolute Gasteiger partial charge is 0.473 e. The number of hydrogen-bond acceptors (Lipinski definition) is 5. The number of nitrogens with two attached hydrogens (primary N) is 1. The van der Waals surface area contributed by atoms with E-state index in [2.05, 4.69) is 28.7 Å². The van der Waals surface area contributed by atoms with Crippen molar-refractivity contribution in [3.8, 4) is 5.88 Å². The van der Waals surface area contributed by atoms with Gasteiger partial charge in [-0.1, -0.05) is 26.7 Å². The molecule has 1 aromatic heterocycles. The van der Waals surface area contributed by atoms with Gasteiger partial charge < -0.3 is 15.4 Å². The van der Waals surface area contributed by atoms with Gasteiger partial charge in [-0.05, 0) is 32.1 Å². The zero-order chi connectivity index (χ0) is 15.5. The van der Waals surface area contributed by atoms with Crippen molar-refractivity contribution >= 4 is 11.5 Å². The molecule has 2 heterocycles. The van der Waals surface area contributed by atoms with E-state index in [-0.39, 0.29) is 6.10 Å². The molecule has 2 rings (SSSR count). The summed E-state index contributed by atoms with van der Waals surface area (Å²) in [5, 5.41) is 0. The maximum atomic E-state index is 6.20. The lowest BCUT2D eigenvalue weighted by molar-refractivity contribution is 0.199. The van der Waals surface area contributed by atoms with Crippen molar-refractivity contribution in [2.24, 2.45) is 5.41 Å². The minimum atomic E-state index is 0.0595. The number of hydrogen-bond donors (Lipinski definition) is 1. The van der Waals surface area contributed by atoms with Crippen molar-refractivity contribution < 1.29 is 4.74 Å². The molecule has 118 valence electrons. The van der Waals surface area contributed by atoms with Gasteiger partial charge in [-0.25, -0.2) is 4.98 Å². The van der Waals surface area contributed by atoms with E-state index >= 15 is 0 Å². The molecule has 1 aliphatic heterocycles. The molecule has 2 N–H and O–H groups in total. The third kappa shape index (κ3) is 3.39. The molecule has 0 saturated carbocycles. The van der Waals surface area contributed by atoms with Crippen molar-refractivity contribution in [1.29, 1.82) is 0 Å². The van der Waals surface area contributed by atoms with Gasteiger partial charge in [-0.15, -0.1) is 0 Å². The second-order valence-corrected chi connectivity index (χ2v) is 6.28. The number of anilines is 2. The van der Waals surface area contributed by atoms with Gasteiger partial charge in [0.25, 0.3) is 0 Å². The SMILES string of the molecule is CCC1(CC)CCN(c2ncnc(OC(C)C)c2N)CC1. The van der Waals surface area contributed by atoms with Crippen LogP contribution in [0.2, 0.25) is 0 Å². The van der Waals surface area contributed by atoms with Crippen LogP contribution in [0, 0.1) is 5.41 Å². The zero-order valence-electron chi connectivity index (χ0n) is 13.7. The van der Waals surface area contributed by atoms with Gasteiger partial charge in [0, 0.05) is 13.1 Å². The predicted octanol–water partition coefficient (Wildman–Crippen LogP) is 3.25. The van der Waals surface area contributed by atoms with E-state index in [1.165, 1.54) is 25.7 Å². The van der Waals surface area contributed by atoms with Crippen molar-refractivity contribution in [2.75, 3.05) is 23.7 Å². The van der Waals surface area contributed by atoms with Crippen LogP contribution in [-0.4, -0.2) is 29.2 Å². The van der Waals surface area contributed by atoms with E-state index in [0.29, 0.717) is 17.0 Å². The fourth-order valence-corrected chi connectivity index (χ4v) is 3.09. The van der Waals surface area contributed by atoms with Crippen LogP contribution in [0.1, 0.15) is 53.4 Å². The molecule has 0 aliphatic carbocycles. The third-order valence-corrected chi connectivity index (χ3v) is 4.80. The Hall–Kier alpha value is -1.52. The summed E-state index contributed by atoms with van der Waals surface area (Å²) in [6.07, 6.45) is 6.50. The van der Waals surface area contributed by atoms with Gasteiger partial charge >= 0.3 is 0 Å². The second kappa shape index (κ2) is 6.50. The fraction of sp³-hybridized carbons (Fsp3) is 0.750. The molecule has 0 bridgehead atoms. The highest BCUT2D eigenvalue weighted by Gasteiger charge is 2.32. The minimum Gasteiger partial charge on any atom is -0.473 e. The first kappa shape index (κ1) is 15.9. The number of nitrogens with zero attached hydrogens (tertiary/aromatic N) is 3. The molecule has 1 fully saturated rings. The Morgan fingerprint density at radius 1 is 1.24 bits per heavy atom. The predicted molar refractivity (Wildman–Crippen MR) is 86.7 cm³/mol. The quantitative estimate of drug-likeness (QED) is 0.902. The number of piperidine rings is 1. The maximum absolute atomic E-state index is 6.20. The molecular formula is C16H28N4O. The Kier molecular flexibility index (Phi) is 4.91. The van der Waals surface area contributed by atoms with Gasteiger partial charge in [0.2, 0.25) is 5.88 Å². The summed E-state index contributed by atoms with van der Waals surface area (Å²) in [4.78, 5) is 10.8. The lowest BCUT2D eigenvalue weighted by atomic mass is 9.74. The van der Waals surface area contributed by atoms with Crippen LogP contribution in [0.4, 0.5) is 11.5 Å². The van der Waals surface area contributed by atoms with E-state index in [1.54, 1.807) is 6.33 Å². The van der Waals surface area contributed by atoms with Crippen LogP contribution in [0.15, 0.2) is 6.33 Å². The van der Waals surface area contributed by atoms with E-state index < -0.39 is 0 Å². The highest BCUT2D eigenvalue weighted by molar-refractivity contribution is 5.67. The molecule has 0 atom stereocenters. The molecule has 1 saturated heterocycles. The average Bonchev–Trinajstić information content (AvgIpc) is 2.49. The van der Waals surface area contributed by atoms with Gasteiger partial charge in [0.1, 0.15) is 12.0 Å². The van der Waals surface area contributed by atoms with E-state index in [0.717, 1.165) is 18.9 Å². The first-order chi connectivity index (χ1) is 10.0. The lowest BCUT2D eigenvalue weighted by Gasteiger charge is -2.41. The topological polar surface area (TPSA) is 64.3 Å². The molecule has 5 heteroatoms. The first-order valence-electron chi connectivity index (χ1n) is 8.03. The summed E-state index contributed by atoms with van der Waals surface area (Å²) in [7, 11) is 0. The third-order valence-electron chi connectivity index (χ3n) is 4.80. The summed E-state index contributed by atoms with van der Waals surface area (Å²) < 4.78 is 5.66. The molecule has 0 unspecified atom stereocenters. The molecule has 1 aromatic rings. The van der Waals surface area contributed by atoms with Gasteiger partial charge in [-0.3, -0.25) is 0 Å². The van der Waals surface area contributed by atoms with Crippen molar-refractivity contribution in [1.82, 2.24) is 9.97 Å². The van der Waals surface area contributed by atoms with Gasteiger partial charge in [0.05, 0.1) is 6.10 Å². The van der Waals surface area contributed by atoms with E-state index in [9.17, 15) is 0 Å². The Morgan fingerprint density at radius 3 is 2.38 bits per heavy atom. The monoisotopic (exact) mass is 292 g/mol. The number of rotatable bonds is 5. The molecule has 0 amide bonds. The van der Waals surface area contributed by atoms with Crippen LogP contribution in [-0.2, 0) is 0 Å². The molecule has 0 radical (unpaired) electrons. The van der Waals surface area contributed by atoms with Gasteiger partial charge in [-0.2, -0.15) is 4.98 Å². The molecule has 1 aliphatic rings. The standard InChI is InChI=1S/C16H28N4O/c1-5-16(6-2)7-9-20(10-8-16)14-13(17)15(19-11-18-14)21-12(3)4/h11-12H,5-10,17H2,1-4H3. The van der Waals surface area contributed by atoms with Crippen molar-refractivity contribution in [3.63, 3.8) is 0 Å². The second-order valence-electron chi connectivity index (χ2n) is 6.28. The first-order valence-corrected chi connectivity index (χ1v) is 8.03. The summed E-state index contributed by atoms with van der Waals surface area (Å²) in [6.45, 7) is 10.5. The summed E-state index contributed by atoms with van der Waals surface area (Å²) in [6, 6.07) is 0. The lowest BCUT2D eigenvalue weighted by Crippen LogP contribution is -2.40. The van der Waals surface area contributed by atoms with Crippen LogP contribution >= 0.6 is 0 Å². The maximum Gasteiger partial charge on any atom is 0.242 e. The Labute approximate surface area is 127 Å². The summed E-state index contributed by atoms with van der Waals surface area (Å²) >= 11 is 0. The highest BCUT2D eigenvalue weighted by Crippen LogP contribution is 2.40. The number of aromatic nitrogens is 2. The van der Waals surface area contributed by atoms with E-state index in [4.69, 9.17) is 10.5 Å². The van der Waals surface area contributed by atoms with Crippen LogP contribution < -0.4 is 15.4 Å². The fourth-order valence-electron chi connectivity index (χ4n) is 3.09. The molecule has 5 nitrogen and oxygen atoms in total. The highest BCUT2D eigenvalue weighted by atomic mass is 16.5. The van der Waals surface area contributed by atoms with E-state index in [1.807, 2.05) is 13.8 Å². The van der Waals surface area contributed by atoms with Gasteiger partial charge in [0.15, 0.2) is 5.82 Å².